The fourth-order valence-electron chi connectivity index (χ4n) is 5.55. The number of Topliss-reactive ketones (excluding diaryl/α,β-unsaturated/α-hetero) is 1. The fourth-order valence-corrected chi connectivity index (χ4v) is 6.12. The summed E-state index contributed by atoms with van der Waals surface area (Å²) in [5.74, 6) is 0.512. The Kier molecular flexibility index (Phi) is 9.01. The van der Waals surface area contributed by atoms with Crippen molar-refractivity contribution in [3.63, 3.8) is 0 Å². The third-order valence-electron chi connectivity index (χ3n) is 8.23. The lowest BCUT2D eigenvalue weighted by Gasteiger charge is -2.27. The zero-order valence-electron chi connectivity index (χ0n) is 22.9. The van der Waals surface area contributed by atoms with Gasteiger partial charge in [-0.3, -0.25) is 9.59 Å². The third-order valence-corrected chi connectivity index (χ3v) is 9.02. The maximum absolute atomic E-state index is 13.0. The van der Waals surface area contributed by atoms with Crippen LogP contribution in [0.2, 0.25) is 0 Å². The number of rotatable bonds is 4. The highest BCUT2D eigenvalue weighted by Crippen LogP contribution is 2.57. The van der Waals surface area contributed by atoms with Gasteiger partial charge in [0.15, 0.2) is 0 Å². The van der Waals surface area contributed by atoms with Gasteiger partial charge in [-0.15, -0.1) is 11.3 Å². The minimum absolute atomic E-state index is 0.195. The highest BCUT2D eigenvalue weighted by Gasteiger charge is 2.65. The number of hydrogen-bond donors (Lipinski definition) is 0. The lowest BCUT2D eigenvalue weighted by Crippen LogP contribution is -2.33. The van der Waals surface area contributed by atoms with Crippen LogP contribution in [0.25, 0.3) is 6.08 Å². The number of aryl methyl sites for hydroxylation is 1. The molecule has 3 heterocycles. The second kappa shape index (κ2) is 11.2. The van der Waals surface area contributed by atoms with Crippen LogP contribution in [0.3, 0.4) is 0 Å². The van der Waals surface area contributed by atoms with Crippen molar-refractivity contribution >= 4 is 29.2 Å². The molecule has 0 spiro atoms. The average molecular weight is 504 g/mol. The minimum Gasteiger partial charge on any atom is -0.458 e. The van der Waals surface area contributed by atoms with Crippen LogP contribution in [0.15, 0.2) is 11.0 Å². The van der Waals surface area contributed by atoms with Gasteiger partial charge in [-0.25, -0.2) is 4.98 Å². The largest absolute Gasteiger partial charge is 0.458 e. The summed E-state index contributed by atoms with van der Waals surface area (Å²) in [5.41, 5.74) is 0.908. The van der Waals surface area contributed by atoms with Gasteiger partial charge in [-0.05, 0) is 64.0 Å². The van der Waals surface area contributed by atoms with Crippen molar-refractivity contribution in [2.75, 3.05) is 0 Å². The highest BCUT2D eigenvalue weighted by atomic mass is 32.1. The van der Waals surface area contributed by atoms with Gasteiger partial charge in [-0.1, -0.05) is 47.0 Å². The van der Waals surface area contributed by atoms with Crippen LogP contribution in [0.1, 0.15) is 116 Å². The second-order valence-electron chi connectivity index (χ2n) is 11.8. The third kappa shape index (κ3) is 7.03. The molecule has 5 nitrogen and oxygen atoms in total. The van der Waals surface area contributed by atoms with Crippen LogP contribution in [0, 0.1) is 18.3 Å². The Morgan fingerprint density at radius 3 is 2.60 bits per heavy atom. The van der Waals surface area contributed by atoms with E-state index in [1.807, 2.05) is 39.2 Å². The molecule has 1 aromatic rings. The van der Waals surface area contributed by atoms with Crippen LogP contribution in [0.4, 0.5) is 0 Å². The SMILES string of the molecule is CCCC12CC(/C(C)=C/c3csc(C)n3)OC(=O)CCC(C)(C)C(=O)CCC(C)CCCC1(C)O2. The lowest BCUT2D eigenvalue weighted by atomic mass is 9.79. The maximum atomic E-state index is 13.0. The molecule has 0 aromatic carbocycles. The number of aromatic nitrogens is 1. The van der Waals surface area contributed by atoms with Gasteiger partial charge < -0.3 is 9.47 Å². The number of ketones is 1. The summed E-state index contributed by atoms with van der Waals surface area (Å²) in [5, 5.41) is 3.05. The van der Waals surface area contributed by atoms with Crippen molar-refractivity contribution < 1.29 is 19.1 Å². The van der Waals surface area contributed by atoms with Gasteiger partial charge in [0.2, 0.25) is 0 Å². The summed E-state index contributed by atoms with van der Waals surface area (Å²) in [6.45, 7) is 14.6. The highest BCUT2D eigenvalue weighted by molar-refractivity contribution is 7.09. The quantitative estimate of drug-likeness (QED) is 0.315. The van der Waals surface area contributed by atoms with Crippen molar-refractivity contribution in [1.82, 2.24) is 4.98 Å². The summed E-state index contributed by atoms with van der Waals surface area (Å²) >= 11 is 1.62. The average Bonchev–Trinajstić information content (AvgIpc) is 3.11. The molecule has 0 aliphatic carbocycles. The van der Waals surface area contributed by atoms with E-state index in [1.54, 1.807) is 11.3 Å². The van der Waals surface area contributed by atoms with E-state index in [9.17, 15) is 9.59 Å². The Morgan fingerprint density at radius 2 is 1.94 bits per heavy atom. The van der Waals surface area contributed by atoms with Gasteiger partial charge in [0.05, 0.1) is 16.3 Å². The minimum atomic E-state index is -0.518. The summed E-state index contributed by atoms with van der Waals surface area (Å²) in [6.07, 6.45) is 9.72. The number of nitrogens with zero attached hydrogens (tertiary/aromatic N) is 1. The topological polar surface area (TPSA) is 68.8 Å². The summed E-state index contributed by atoms with van der Waals surface area (Å²) in [6, 6.07) is 0. The first-order chi connectivity index (χ1) is 16.4. The van der Waals surface area contributed by atoms with Crippen LogP contribution < -0.4 is 0 Å². The van der Waals surface area contributed by atoms with E-state index in [2.05, 4.69) is 25.8 Å². The first kappa shape index (κ1) is 28.0. The molecule has 0 bridgehead atoms. The number of ether oxygens (including phenoxy) is 2. The molecule has 4 atom stereocenters. The van der Waals surface area contributed by atoms with Crippen molar-refractivity contribution in [2.45, 2.75) is 130 Å². The molecule has 2 saturated heterocycles. The molecular weight excluding hydrogens is 458 g/mol. The van der Waals surface area contributed by atoms with Crippen LogP contribution in [-0.4, -0.2) is 34.0 Å². The smallest absolute Gasteiger partial charge is 0.306 e. The number of carbonyl (C=O) groups excluding carboxylic acids is 2. The molecule has 2 aliphatic heterocycles. The van der Waals surface area contributed by atoms with Gasteiger partial charge in [0, 0.05) is 30.1 Å². The van der Waals surface area contributed by atoms with Crippen molar-refractivity contribution in [3.8, 4) is 0 Å². The normalized spacial score (nSPS) is 33.2. The zero-order valence-corrected chi connectivity index (χ0v) is 23.7. The predicted molar refractivity (Wildman–Crippen MR) is 142 cm³/mol. The lowest BCUT2D eigenvalue weighted by molar-refractivity contribution is -0.149. The molecule has 6 heteroatoms. The summed E-state index contributed by atoms with van der Waals surface area (Å²) < 4.78 is 12.7. The maximum Gasteiger partial charge on any atom is 0.306 e. The Balaban J connectivity index is 1.87. The Hall–Kier alpha value is -1.53. The van der Waals surface area contributed by atoms with Crippen molar-refractivity contribution in [2.24, 2.45) is 11.3 Å². The summed E-state index contributed by atoms with van der Waals surface area (Å²) in [4.78, 5) is 30.5. The Morgan fingerprint density at radius 1 is 1.20 bits per heavy atom. The molecule has 0 N–H and O–H groups in total. The molecule has 0 radical (unpaired) electrons. The molecule has 1 aromatic heterocycles. The van der Waals surface area contributed by atoms with E-state index in [0.717, 1.165) is 54.8 Å². The first-order valence-corrected chi connectivity index (χ1v) is 14.3. The van der Waals surface area contributed by atoms with Gasteiger partial charge >= 0.3 is 5.97 Å². The van der Waals surface area contributed by atoms with Gasteiger partial charge in [0.25, 0.3) is 0 Å². The van der Waals surface area contributed by atoms with Gasteiger partial charge in [-0.2, -0.15) is 0 Å². The number of epoxide rings is 1. The van der Waals surface area contributed by atoms with E-state index < -0.39 is 5.41 Å². The Labute approximate surface area is 216 Å². The number of thiazole rings is 1. The predicted octanol–water partition coefficient (Wildman–Crippen LogP) is 7.46. The van der Waals surface area contributed by atoms with E-state index >= 15 is 0 Å². The standard InChI is InChI=1S/C29H45NO4S/c1-8-14-29-18-24(21(3)17-23-19-35-22(4)30-23)33-26(32)13-16-27(5,6)25(31)12-11-20(2)10-9-15-28(29,7)34-29/h17,19-20,24H,8-16,18H2,1-7H3/b21-17+. The molecule has 3 rings (SSSR count). The molecule has 2 aliphatic rings. The number of hydrogen-bond acceptors (Lipinski definition) is 6. The van der Waals surface area contributed by atoms with E-state index in [4.69, 9.17) is 9.47 Å². The van der Waals surface area contributed by atoms with Crippen LogP contribution in [0.5, 0.6) is 0 Å². The fraction of sp³-hybridized carbons (Fsp3) is 0.759. The molecular formula is C29H45NO4S. The summed E-state index contributed by atoms with van der Waals surface area (Å²) in [7, 11) is 0. The number of cyclic esters (lactones) is 1. The molecule has 4 unspecified atom stereocenters. The van der Waals surface area contributed by atoms with E-state index in [0.29, 0.717) is 25.2 Å². The number of fused-ring (bicyclic) bond motifs is 1. The van der Waals surface area contributed by atoms with Crippen molar-refractivity contribution in [1.29, 1.82) is 0 Å². The first-order valence-electron chi connectivity index (χ1n) is 13.4. The second-order valence-corrected chi connectivity index (χ2v) is 12.8. The van der Waals surface area contributed by atoms with Crippen LogP contribution in [-0.2, 0) is 19.1 Å². The Bertz CT molecular complexity index is 935. The van der Waals surface area contributed by atoms with Crippen LogP contribution >= 0.6 is 11.3 Å². The van der Waals surface area contributed by atoms with Gasteiger partial charge in [0.1, 0.15) is 17.5 Å². The molecule has 35 heavy (non-hydrogen) atoms. The monoisotopic (exact) mass is 503 g/mol. The number of carbonyl (C=O) groups is 2. The molecule has 196 valence electrons. The molecule has 2 fully saturated rings. The zero-order chi connectivity index (χ0) is 25.9. The molecule has 0 saturated carbocycles. The van der Waals surface area contributed by atoms with Crippen molar-refractivity contribution in [3.05, 3.63) is 21.7 Å². The van der Waals surface area contributed by atoms with E-state index in [1.165, 1.54) is 0 Å². The van der Waals surface area contributed by atoms with E-state index in [-0.39, 0.29) is 35.5 Å². The number of esters is 1. The molecule has 0 amide bonds.